The third-order valence-electron chi connectivity index (χ3n) is 5.17. The standard InChI is InChI=1S/C19H23N7O2/c1-28-16-8-11(6-7-22-16)15-9-14(17-18(21)23-10-24-26(15)17)19(27)25-13-4-2-12(20)3-5-13/h6-10,12-13H,2-5,20H2,1H3,(H,25,27)(H2,21,23,24). The Hall–Kier alpha value is -3.20. The molecule has 1 amide bonds. The maximum Gasteiger partial charge on any atom is 0.253 e. The zero-order valence-corrected chi connectivity index (χ0v) is 15.6. The Kier molecular flexibility index (Phi) is 4.82. The van der Waals surface area contributed by atoms with Gasteiger partial charge in [0.25, 0.3) is 5.91 Å². The summed E-state index contributed by atoms with van der Waals surface area (Å²) in [5.41, 5.74) is 14.5. The predicted octanol–water partition coefficient (Wildman–Crippen LogP) is 1.38. The normalized spacial score (nSPS) is 19.5. The number of methoxy groups -OCH3 is 1. The van der Waals surface area contributed by atoms with Gasteiger partial charge in [-0.1, -0.05) is 0 Å². The van der Waals surface area contributed by atoms with Gasteiger partial charge in [0.2, 0.25) is 5.88 Å². The Morgan fingerprint density at radius 3 is 2.79 bits per heavy atom. The Bertz CT molecular complexity index is 1010. The fourth-order valence-corrected chi connectivity index (χ4v) is 3.65. The topological polar surface area (TPSA) is 133 Å². The van der Waals surface area contributed by atoms with Crippen LogP contribution in [0.2, 0.25) is 0 Å². The van der Waals surface area contributed by atoms with E-state index in [0.29, 0.717) is 22.7 Å². The first kappa shape index (κ1) is 18.2. The van der Waals surface area contributed by atoms with Gasteiger partial charge < -0.3 is 21.5 Å². The van der Waals surface area contributed by atoms with Crippen LogP contribution in [0.25, 0.3) is 16.8 Å². The first-order valence-electron chi connectivity index (χ1n) is 9.26. The van der Waals surface area contributed by atoms with E-state index in [2.05, 4.69) is 20.4 Å². The quantitative estimate of drug-likeness (QED) is 0.621. The molecule has 0 radical (unpaired) electrons. The molecule has 9 heteroatoms. The van der Waals surface area contributed by atoms with Crippen LogP contribution in [0.15, 0.2) is 30.7 Å². The molecule has 3 heterocycles. The number of anilines is 1. The highest BCUT2D eigenvalue weighted by Gasteiger charge is 2.24. The van der Waals surface area contributed by atoms with E-state index in [9.17, 15) is 4.79 Å². The van der Waals surface area contributed by atoms with Crippen LogP contribution in [0, 0.1) is 0 Å². The number of carbonyl (C=O) groups is 1. The van der Waals surface area contributed by atoms with Gasteiger partial charge in [-0.05, 0) is 37.8 Å². The van der Waals surface area contributed by atoms with Gasteiger partial charge in [0.15, 0.2) is 5.82 Å². The molecule has 1 fully saturated rings. The largest absolute Gasteiger partial charge is 0.481 e. The number of hydrogen-bond donors (Lipinski definition) is 3. The number of nitrogens with two attached hydrogens (primary N) is 2. The summed E-state index contributed by atoms with van der Waals surface area (Å²) in [6.45, 7) is 0. The van der Waals surface area contributed by atoms with Gasteiger partial charge in [-0.15, -0.1) is 0 Å². The second-order valence-corrected chi connectivity index (χ2v) is 7.02. The number of aromatic nitrogens is 4. The number of nitrogens with one attached hydrogen (secondary N) is 1. The van der Waals surface area contributed by atoms with E-state index in [1.54, 1.807) is 30.0 Å². The van der Waals surface area contributed by atoms with E-state index in [4.69, 9.17) is 16.2 Å². The number of carbonyl (C=O) groups excluding carboxylic acids is 1. The number of ether oxygens (including phenoxy) is 1. The lowest BCUT2D eigenvalue weighted by Gasteiger charge is -2.26. The molecule has 0 aliphatic heterocycles. The molecule has 0 spiro atoms. The number of fused-ring (bicyclic) bond motifs is 1. The molecule has 0 saturated heterocycles. The molecule has 0 bridgehead atoms. The van der Waals surface area contributed by atoms with Crippen molar-refractivity contribution in [1.29, 1.82) is 0 Å². The molecule has 146 valence electrons. The van der Waals surface area contributed by atoms with Crippen molar-refractivity contribution in [2.75, 3.05) is 12.8 Å². The van der Waals surface area contributed by atoms with Crippen molar-refractivity contribution < 1.29 is 9.53 Å². The van der Waals surface area contributed by atoms with Gasteiger partial charge >= 0.3 is 0 Å². The number of nitrogens with zero attached hydrogens (tertiary/aromatic N) is 4. The molecule has 0 unspecified atom stereocenters. The molecular weight excluding hydrogens is 358 g/mol. The summed E-state index contributed by atoms with van der Waals surface area (Å²) < 4.78 is 6.84. The molecule has 1 saturated carbocycles. The summed E-state index contributed by atoms with van der Waals surface area (Å²) in [6, 6.07) is 5.72. The van der Waals surface area contributed by atoms with E-state index in [1.165, 1.54) is 6.33 Å². The summed E-state index contributed by atoms with van der Waals surface area (Å²) >= 11 is 0. The monoisotopic (exact) mass is 381 g/mol. The zero-order valence-electron chi connectivity index (χ0n) is 15.6. The number of nitrogen functional groups attached to an aromatic ring is 1. The lowest BCUT2D eigenvalue weighted by atomic mass is 9.91. The molecule has 1 aliphatic rings. The molecule has 3 aromatic rings. The highest BCUT2D eigenvalue weighted by molar-refractivity contribution is 6.05. The Labute approximate surface area is 162 Å². The molecule has 0 atom stereocenters. The third-order valence-corrected chi connectivity index (χ3v) is 5.17. The summed E-state index contributed by atoms with van der Waals surface area (Å²) in [6.07, 6.45) is 6.58. The second kappa shape index (κ2) is 7.43. The van der Waals surface area contributed by atoms with Crippen LogP contribution in [0.3, 0.4) is 0 Å². The molecule has 1 aliphatic carbocycles. The third kappa shape index (κ3) is 3.36. The van der Waals surface area contributed by atoms with Crippen LogP contribution >= 0.6 is 0 Å². The number of amides is 1. The number of hydrogen-bond acceptors (Lipinski definition) is 7. The van der Waals surface area contributed by atoms with E-state index < -0.39 is 0 Å². The molecule has 5 N–H and O–H groups in total. The Morgan fingerprint density at radius 1 is 1.25 bits per heavy atom. The van der Waals surface area contributed by atoms with E-state index in [1.807, 2.05) is 6.07 Å². The molecular formula is C19H23N7O2. The van der Waals surface area contributed by atoms with Crippen molar-refractivity contribution in [1.82, 2.24) is 24.9 Å². The SMILES string of the molecule is COc1cc(-c2cc(C(=O)NC3CCC(N)CC3)c3c(N)ncnn23)ccn1. The minimum Gasteiger partial charge on any atom is -0.481 e. The highest BCUT2D eigenvalue weighted by Crippen LogP contribution is 2.29. The number of pyridine rings is 1. The summed E-state index contributed by atoms with van der Waals surface area (Å²) in [7, 11) is 1.55. The minimum absolute atomic E-state index is 0.109. The van der Waals surface area contributed by atoms with Crippen molar-refractivity contribution >= 4 is 17.2 Å². The minimum atomic E-state index is -0.188. The van der Waals surface area contributed by atoms with Gasteiger partial charge in [-0.25, -0.2) is 14.5 Å². The lowest BCUT2D eigenvalue weighted by molar-refractivity contribution is 0.0927. The van der Waals surface area contributed by atoms with Crippen molar-refractivity contribution in [2.45, 2.75) is 37.8 Å². The maximum atomic E-state index is 13.0. The van der Waals surface area contributed by atoms with Crippen molar-refractivity contribution in [3.8, 4) is 17.1 Å². The van der Waals surface area contributed by atoms with E-state index >= 15 is 0 Å². The summed E-state index contributed by atoms with van der Waals surface area (Å²) in [4.78, 5) is 21.2. The molecule has 28 heavy (non-hydrogen) atoms. The fourth-order valence-electron chi connectivity index (χ4n) is 3.65. The molecule has 9 nitrogen and oxygen atoms in total. The van der Waals surface area contributed by atoms with Crippen LogP contribution in [0.1, 0.15) is 36.0 Å². The average Bonchev–Trinajstić information content (AvgIpc) is 3.11. The average molecular weight is 381 g/mol. The second-order valence-electron chi connectivity index (χ2n) is 7.02. The first-order valence-corrected chi connectivity index (χ1v) is 9.26. The van der Waals surface area contributed by atoms with E-state index in [0.717, 1.165) is 31.2 Å². The Balaban J connectivity index is 1.73. The Morgan fingerprint density at radius 2 is 2.04 bits per heavy atom. The maximum absolute atomic E-state index is 13.0. The van der Waals surface area contributed by atoms with Crippen LogP contribution in [0.5, 0.6) is 5.88 Å². The van der Waals surface area contributed by atoms with Gasteiger partial charge in [0.1, 0.15) is 11.8 Å². The predicted molar refractivity (Wildman–Crippen MR) is 105 cm³/mol. The summed E-state index contributed by atoms with van der Waals surface area (Å²) in [5.74, 6) is 0.531. The summed E-state index contributed by atoms with van der Waals surface area (Å²) in [5, 5.41) is 7.41. The van der Waals surface area contributed by atoms with Crippen LogP contribution in [0.4, 0.5) is 5.82 Å². The van der Waals surface area contributed by atoms with Crippen molar-refractivity contribution in [2.24, 2.45) is 5.73 Å². The fraction of sp³-hybridized carbons (Fsp3) is 0.368. The van der Waals surface area contributed by atoms with Crippen LogP contribution in [-0.2, 0) is 0 Å². The number of rotatable bonds is 4. The van der Waals surface area contributed by atoms with Gasteiger partial charge in [0.05, 0.1) is 18.4 Å². The van der Waals surface area contributed by atoms with Gasteiger partial charge in [-0.3, -0.25) is 4.79 Å². The molecule has 0 aromatic carbocycles. The van der Waals surface area contributed by atoms with Crippen molar-refractivity contribution in [3.63, 3.8) is 0 Å². The highest BCUT2D eigenvalue weighted by atomic mass is 16.5. The molecule has 4 rings (SSSR count). The smallest absolute Gasteiger partial charge is 0.253 e. The first-order chi connectivity index (χ1) is 13.6. The van der Waals surface area contributed by atoms with Gasteiger partial charge in [0, 0.05) is 29.9 Å². The lowest BCUT2D eigenvalue weighted by Crippen LogP contribution is -2.40. The zero-order chi connectivity index (χ0) is 19.7. The van der Waals surface area contributed by atoms with Crippen molar-refractivity contribution in [3.05, 3.63) is 36.3 Å². The van der Waals surface area contributed by atoms with Crippen LogP contribution in [-0.4, -0.2) is 44.7 Å². The van der Waals surface area contributed by atoms with Gasteiger partial charge in [-0.2, -0.15) is 5.10 Å². The van der Waals surface area contributed by atoms with Crippen LogP contribution < -0.4 is 21.5 Å². The molecule has 3 aromatic heterocycles. The van der Waals surface area contributed by atoms with E-state index in [-0.39, 0.29) is 23.8 Å².